The monoisotopic (exact) mass is 268 g/mol. The Bertz CT molecular complexity index is 543. The summed E-state index contributed by atoms with van der Waals surface area (Å²) in [6.45, 7) is 0.983. The zero-order valence-electron chi connectivity index (χ0n) is 11.6. The fraction of sp³-hybridized carbons (Fsp3) is 0.471. The number of carbonyl (C=O) groups excluding carboxylic acids is 1. The van der Waals surface area contributed by atoms with Crippen LogP contribution in [0.4, 0.5) is 0 Å². The largest absolute Gasteiger partial charge is 0.352 e. The first-order valence-corrected chi connectivity index (χ1v) is 7.32. The van der Waals surface area contributed by atoms with Gasteiger partial charge >= 0.3 is 0 Å². The van der Waals surface area contributed by atoms with E-state index in [1.54, 1.807) is 0 Å². The summed E-state index contributed by atoms with van der Waals surface area (Å²) in [5, 5.41) is 3.05. The van der Waals surface area contributed by atoms with Crippen LogP contribution >= 0.6 is 0 Å². The van der Waals surface area contributed by atoms with Crippen molar-refractivity contribution in [2.75, 3.05) is 6.54 Å². The van der Waals surface area contributed by atoms with Crippen molar-refractivity contribution < 1.29 is 4.79 Å². The van der Waals surface area contributed by atoms with Gasteiger partial charge in [0, 0.05) is 18.0 Å². The van der Waals surface area contributed by atoms with Crippen LogP contribution in [0.3, 0.4) is 0 Å². The molecule has 2 saturated carbocycles. The number of carbonyl (C=O) groups is 1. The summed E-state index contributed by atoms with van der Waals surface area (Å²) < 4.78 is 0. The van der Waals surface area contributed by atoms with Crippen molar-refractivity contribution in [2.24, 2.45) is 23.5 Å². The molecule has 3 heteroatoms. The molecule has 0 aromatic heterocycles. The Labute approximate surface area is 119 Å². The summed E-state index contributed by atoms with van der Waals surface area (Å²) in [5.74, 6) is 8.01. The van der Waals surface area contributed by atoms with Crippen molar-refractivity contribution in [3.63, 3.8) is 0 Å². The molecule has 20 heavy (non-hydrogen) atoms. The van der Waals surface area contributed by atoms with Crippen LogP contribution in [0, 0.1) is 29.6 Å². The number of nitrogens with one attached hydrogen (secondary N) is 1. The van der Waals surface area contributed by atoms with Gasteiger partial charge in [-0.05, 0) is 48.8 Å². The smallest absolute Gasteiger partial charge is 0.223 e. The van der Waals surface area contributed by atoms with Crippen LogP contribution in [0.2, 0.25) is 0 Å². The summed E-state index contributed by atoms with van der Waals surface area (Å²) in [4.78, 5) is 12.0. The molecule has 0 bridgehead atoms. The first kappa shape index (κ1) is 13.2. The van der Waals surface area contributed by atoms with Gasteiger partial charge in [-0.15, -0.1) is 0 Å². The Hall–Kier alpha value is -1.79. The molecule has 3 nitrogen and oxygen atoms in total. The summed E-state index contributed by atoms with van der Waals surface area (Å²) in [6.07, 6.45) is 3.56. The maximum absolute atomic E-state index is 12.0. The molecular formula is C17H20N2O. The van der Waals surface area contributed by atoms with Gasteiger partial charge in [-0.1, -0.05) is 24.0 Å². The Balaban J connectivity index is 1.49. The number of nitrogens with two attached hydrogens (primary N) is 1. The van der Waals surface area contributed by atoms with E-state index in [-0.39, 0.29) is 11.8 Å². The van der Waals surface area contributed by atoms with Crippen LogP contribution in [-0.2, 0) is 11.3 Å². The molecule has 2 unspecified atom stereocenters. The molecule has 0 aliphatic heterocycles. The van der Waals surface area contributed by atoms with Crippen LogP contribution in [0.15, 0.2) is 24.3 Å². The van der Waals surface area contributed by atoms with Gasteiger partial charge in [-0.2, -0.15) is 0 Å². The van der Waals surface area contributed by atoms with Crippen molar-refractivity contribution in [1.82, 2.24) is 5.32 Å². The average molecular weight is 268 g/mol. The number of hydrogen-bond donors (Lipinski definition) is 2. The standard InChI is InChI=1S/C17H20N2O/c18-7-1-2-12-3-5-13(6-4-12)11-19-17(20)16-9-14-8-15(14)10-16/h3-6,14-16H,7-11,18H2,(H,19,20). The topological polar surface area (TPSA) is 55.1 Å². The number of amides is 1. The predicted octanol–water partition coefficient (Wildman–Crippen LogP) is 1.66. The van der Waals surface area contributed by atoms with Gasteiger partial charge in [0.2, 0.25) is 5.91 Å². The van der Waals surface area contributed by atoms with Crippen LogP contribution in [0.25, 0.3) is 0 Å². The predicted molar refractivity (Wildman–Crippen MR) is 78.5 cm³/mol. The van der Waals surface area contributed by atoms with E-state index >= 15 is 0 Å². The Morgan fingerprint density at radius 1 is 1.20 bits per heavy atom. The molecule has 0 radical (unpaired) electrons. The lowest BCUT2D eigenvalue weighted by Crippen LogP contribution is -2.29. The Morgan fingerprint density at radius 2 is 1.90 bits per heavy atom. The molecule has 0 heterocycles. The first-order valence-electron chi connectivity index (χ1n) is 7.32. The highest BCUT2D eigenvalue weighted by Crippen LogP contribution is 2.54. The lowest BCUT2D eigenvalue weighted by molar-refractivity contribution is -0.125. The van der Waals surface area contributed by atoms with Gasteiger partial charge in [-0.3, -0.25) is 4.79 Å². The zero-order chi connectivity index (χ0) is 13.9. The van der Waals surface area contributed by atoms with Gasteiger partial charge in [0.15, 0.2) is 0 Å². The van der Waals surface area contributed by atoms with Crippen LogP contribution in [0.5, 0.6) is 0 Å². The third kappa shape index (κ3) is 3.02. The molecule has 2 atom stereocenters. The molecular weight excluding hydrogens is 248 g/mol. The summed E-state index contributed by atoms with van der Waals surface area (Å²) in [6, 6.07) is 7.95. The minimum absolute atomic E-state index is 0.226. The molecule has 2 aliphatic carbocycles. The van der Waals surface area contributed by atoms with E-state index in [0.29, 0.717) is 13.1 Å². The van der Waals surface area contributed by atoms with Crippen molar-refractivity contribution in [3.8, 4) is 11.8 Å². The van der Waals surface area contributed by atoms with Gasteiger partial charge in [0.25, 0.3) is 0 Å². The maximum atomic E-state index is 12.0. The van der Waals surface area contributed by atoms with Crippen LogP contribution in [-0.4, -0.2) is 12.5 Å². The molecule has 3 N–H and O–H groups in total. The quantitative estimate of drug-likeness (QED) is 0.819. The highest BCUT2D eigenvalue weighted by Gasteiger charge is 2.47. The van der Waals surface area contributed by atoms with Crippen LogP contribution in [0.1, 0.15) is 30.4 Å². The van der Waals surface area contributed by atoms with Gasteiger partial charge in [0.1, 0.15) is 0 Å². The van der Waals surface area contributed by atoms with Crippen molar-refractivity contribution in [3.05, 3.63) is 35.4 Å². The third-order valence-electron chi connectivity index (χ3n) is 4.37. The highest BCUT2D eigenvalue weighted by molar-refractivity contribution is 5.79. The van der Waals surface area contributed by atoms with Gasteiger partial charge < -0.3 is 11.1 Å². The Kier molecular flexibility index (Phi) is 3.75. The van der Waals surface area contributed by atoms with E-state index in [1.165, 1.54) is 6.42 Å². The van der Waals surface area contributed by atoms with E-state index in [4.69, 9.17) is 5.73 Å². The zero-order valence-corrected chi connectivity index (χ0v) is 11.6. The lowest BCUT2D eigenvalue weighted by atomic mass is 10.0. The normalized spacial score (nSPS) is 26.4. The number of rotatable bonds is 3. The minimum atomic E-state index is 0.226. The van der Waals surface area contributed by atoms with Crippen molar-refractivity contribution >= 4 is 5.91 Å². The molecule has 0 saturated heterocycles. The fourth-order valence-electron chi connectivity index (χ4n) is 3.12. The highest BCUT2D eigenvalue weighted by atomic mass is 16.1. The SMILES string of the molecule is NCC#Cc1ccc(CNC(=O)C2CC3CC3C2)cc1. The minimum Gasteiger partial charge on any atom is -0.352 e. The van der Waals surface area contributed by atoms with Crippen molar-refractivity contribution in [2.45, 2.75) is 25.8 Å². The Morgan fingerprint density at radius 3 is 2.55 bits per heavy atom. The fourth-order valence-corrected chi connectivity index (χ4v) is 3.12. The van der Waals surface area contributed by atoms with E-state index in [9.17, 15) is 4.79 Å². The summed E-state index contributed by atoms with van der Waals surface area (Å²) in [7, 11) is 0. The molecule has 104 valence electrons. The van der Waals surface area contributed by atoms with E-state index in [0.717, 1.165) is 35.8 Å². The number of hydrogen-bond acceptors (Lipinski definition) is 2. The molecule has 1 amide bonds. The molecule has 1 aromatic carbocycles. The van der Waals surface area contributed by atoms with Gasteiger partial charge in [-0.25, -0.2) is 0 Å². The molecule has 0 spiro atoms. The van der Waals surface area contributed by atoms with Gasteiger partial charge in [0.05, 0.1) is 6.54 Å². The average Bonchev–Trinajstić information content (AvgIpc) is 3.09. The second kappa shape index (κ2) is 5.68. The second-order valence-corrected chi connectivity index (χ2v) is 5.84. The summed E-state index contributed by atoms with van der Waals surface area (Å²) >= 11 is 0. The summed E-state index contributed by atoms with van der Waals surface area (Å²) in [5.41, 5.74) is 7.41. The number of benzene rings is 1. The lowest BCUT2D eigenvalue weighted by Gasteiger charge is -2.12. The molecule has 2 aliphatic rings. The van der Waals surface area contributed by atoms with E-state index in [2.05, 4.69) is 17.2 Å². The molecule has 3 rings (SSSR count). The second-order valence-electron chi connectivity index (χ2n) is 5.84. The molecule has 2 fully saturated rings. The van der Waals surface area contributed by atoms with Crippen molar-refractivity contribution in [1.29, 1.82) is 0 Å². The molecule has 1 aromatic rings. The van der Waals surface area contributed by atoms with E-state index in [1.807, 2.05) is 24.3 Å². The third-order valence-corrected chi connectivity index (χ3v) is 4.37. The maximum Gasteiger partial charge on any atom is 0.223 e. The number of fused-ring (bicyclic) bond motifs is 1. The van der Waals surface area contributed by atoms with E-state index < -0.39 is 0 Å². The first-order chi connectivity index (χ1) is 9.76. The van der Waals surface area contributed by atoms with Crippen LogP contribution < -0.4 is 11.1 Å².